The molecule has 1 fully saturated rings. The summed E-state index contributed by atoms with van der Waals surface area (Å²) < 4.78 is 25.4. The summed E-state index contributed by atoms with van der Waals surface area (Å²) in [5, 5.41) is 3.76. The predicted molar refractivity (Wildman–Crippen MR) is 150 cm³/mol. The average molecular weight is 539 g/mol. The number of piperidine rings is 1. The summed E-state index contributed by atoms with van der Waals surface area (Å²) in [5.74, 6) is 0.399. The van der Waals surface area contributed by atoms with E-state index in [-0.39, 0.29) is 11.7 Å². The van der Waals surface area contributed by atoms with Crippen LogP contribution in [0.25, 0.3) is 21.3 Å². The van der Waals surface area contributed by atoms with E-state index in [9.17, 15) is 13.6 Å². The van der Waals surface area contributed by atoms with Crippen LogP contribution in [0.2, 0.25) is 0 Å². The topological polar surface area (TPSA) is 95.8 Å². The number of benzene rings is 1. The van der Waals surface area contributed by atoms with Crippen LogP contribution < -0.4 is 0 Å². The van der Waals surface area contributed by atoms with Crippen molar-refractivity contribution in [1.29, 1.82) is 0 Å². The van der Waals surface area contributed by atoms with Crippen LogP contribution in [0.4, 0.5) is 0 Å². The standard InChI is InChI=1S/C26H26N4O3S3/c1-18-11-13-30(14-12-18)36(32,33)21-9-7-20(8-10-21)29-23(31)16-35-26-24-22(19-5-3-2-4-6-19)15-34-25(24)27-17-28-26/h2-10,15,17-18H,11-14,16H2,1H3,(H,32,33). The highest BCUT2D eigenvalue weighted by Gasteiger charge is 2.24. The van der Waals surface area contributed by atoms with Gasteiger partial charge in [0.15, 0.2) is 9.99 Å². The lowest BCUT2D eigenvalue weighted by atomic mass is 10.0. The molecule has 2 aliphatic rings. The summed E-state index contributed by atoms with van der Waals surface area (Å²) in [6.07, 6.45) is 9.76. The van der Waals surface area contributed by atoms with E-state index < -0.39 is 9.99 Å². The molecule has 1 unspecified atom stereocenters. The van der Waals surface area contributed by atoms with Gasteiger partial charge in [-0.2, -0.15) is 0 Å². The minimum absolute atomic E-state index is 0.126. The zero-order chi connectivity index (χ0) is 25.1. The van der Waals surface area contributed by atoms with Crippen molar-refractivity contribution < 1.29 is 13.6 Å². The van der Waals surface area contributed by atoms with Gasteiger partial charge in [-0.3, -0.25) is 4.79 Å². The number of hydrogen-bond acceptors (Lipinski definition) is 6. The van der Waals surface area contributed by atoms with Crippen molar-refractivity contribution in [3.8, 4) is 11.1 Å². The Hall–Kier alpha value is -2.63. The van der Waals surface area contributed by atoms with Crippen molar-refractivity contribution in [1.82, 2.24) is 14.3 Å². The van der Waals surface area contributed by atoms with E-state index in [1.54, 1.807) is 39.9 Å². The third-order valence-electron chi connectivity index (χ3n) is 6.24. The highest BCUT2D eigenvalue weighted by atomic mass is 32.2. The van der Waals surface area contributed by atoms with Crippen molar-refractivity contribution in [2.75, 3.05) is 18.8 Å². The van der Waals surface area contributed by atoms with E-state index >= 15 is 0 Å². The molecule has 1 aliphatic carbocycles. The molecule has 1 saturated heterocycles. The molecule has 186 valence electrons. The Kier molecular flexibility index (Phi) is 7.49. The lowest BCUT2D eigenvalue weighted by Gasteiger charge is -2.31. The van der Waals surface area contributed by atoms with Crippen LogP contribution in [0, 0.1) is 5.92 Å². The van der Waals surface area contributed by atoms with Crippen LogP contribution in [0.5, 0.6) is 0 Å². The third-order valence-corrected chi connectivity index (χ3v) is 10.1. The smallest absolute Gasteiger partial charge is 0.256 e. The number of amides is 1. The molecule has 2 aromatic heterocycles. The first-order chi connectivity index (χ1) is 17.4. The maximum absolute atomic E-state index is 13.0. The van der Waals surface area contributed by atoms with Crippen LogP contribution in [0.1, 0.15) is 19.8 Å². The average Bonchev–Trinajstić information content (AvgIpc) is 3.33. The first-order valence-electron chi connectivity index (χ1n) is 11.7. The van der Waals surface area contributed by atoms with Crippen molar-refractivity contribution in [3.63, 3.8) is 0 Å². The van der Waals surface area contributed by atoms with Gasteiger partial charge >= 0.3 is 0 Å². The first kappa shape index (κ1) is 25.0. The molecule has 0 saturated carbocycles. The summed E-state index contributed by atoms with van der Waals surface area (Å²) in [7, 11) is -3.28. The van der Waals surface area contributed by atoms with Gasteiger partial charge in [-0.05, 0) is 48.6 Å². The number of fused-ring (bicyclic) bond motifs is 1. The van der Waals surface area contributed by atoms with E-state index in [1.165, 1.54) is 18.1 Å². The second-order valence-electron chi connectivity index (χ2n) is 8.77. The van der Waals surface area contributed by atoms with Crippen LogP contribution in [0.15, 0.2) is 76.4 Å². The largest absolute Gasteiger partial charge is 0.302 e. The number of thioether (sulfide) groups is 1. The first-order valence-corrected chi connectivity index (χ1v) is 15.0. The van der Waals surface area contributed by atoms with Crippen molar-refractivity contribution in [2.45, 2.75) is 24.8 Å². The lowest BCUT2D eigenvalue weighted by molar-refractivity contribution is -0.115. The molecular formula is C26H26N4O3S3. The number of carbonyl (C=O) groups excluding carboxylic acids is 1. The number of nitrogens with zero attached hydrogens (tertiary/aromatic N) is 4. The van der Waals surface area contributed by atoms with E-state index in [1.807, 2.05) is 30.3 Å². The zero-order valence-corrected chi connectivity index (χ0v) is 22.2. The van der Waals surface area contributed by atoms with Gasteiger partial charge in [0.05, 0.1) is 21.7 Å². The number of rotatable bonds is 5. The van der Waals surface area contributed by atoms with Gasteiger partial charge in [0.25, 0.3) is 5.91 Å². The molecule has 1 atom stereocenters. The van der Waals surface area contributed by atoms with E-state index in [0.29, 0.717) is 29.6 Å². The molecule has 1 aromatic carbocycles. The van der Waals surface area contributed by atoms with Gasteiger partial charge in [0.2, 0.25) is 0 Å². The number of hydrogen-bond donors (Lipinski definition) is 1. The van der Waals surface area contributed by atoms with E-state index in [0.717, 1.165) is 39.2 Å². The zero-order valence-electron chi connectivity index (χ0n) is 19.7. The van der Waals surface area contributed by atoms with Crippen molar-refractivity contribution in [2.24, 2.45) is 10.9 Å². The molecule has 1 aliphatic heterocycles. The predicted octanol–water partition coefficient (Wildman–Crippen LogP) is 5.12. The van der Waals surface area contributed by atoms with Crippen LogP contribution in [-0.4, -0.2) is 58.4 Å². The second kappa shape index (κ2) is 10.8. The highest BCUT2D eigenvalue weighted by Crippen LogP contribution is 2.37. The van der Waals surface area contributed by atoms with E-state index in [2.05, 4.69) is 27.3 Å². The fraction of sp³-hybridized carbons (Fsp3) is 0.269. The molecule has 1 amide bonds. The Bertz CT molecular complexity index is 1480. The Morgan fingerprint density at radius 1 is 1.17 bits per heavy atom. The lowest BCUT2D eigenvalue weighted by Crippen LogP contribution is -2.40. The van der Waals surface area contributed by atoms with Crippen LogP contribution >= 0.6 is 23.1 Å². The Morgan fingerprint density at radius 2 is 1.89 bits per heavy atom. The highest BCUT2D eigenvalue weighted by molar-refractivity contribution is 8.00. The van der Waals surface area contributed by atoms with Gasteiger partial charge < -0.3 is 4.55 Å². The molecule has 10 heteroatoms. The van der Waals surface area contributed by atoms with Crippen LogP contribution in [0.3, 0.4) is 0 Å². The van der Waals surface area contributed by atoms with Gasteiger partial charge in [-0.25, -0.2) is 23.5 Å². The number of thiophene rings is 1. The normalized spacial score (nSPS) is 18.5. The third kappa shape index (κ3) is 5.37. The van der Waals surface area contributed by atoms with Gasteiger partial charge in [-0.1, -0.05) is 49.0 Å². The maximum atomic E-state index is 13.0. The number of allylic oxidation sites excluding steroid dienone is 4. The second-order valence-corrected chi connectivity index (χ2v) is 12.6. The van der Waals surface area contributed by atoms with Crippen molar-refractivity contribution >= 4 is 59.8 Å². The molecule has 36 heavy (non-hydrogen) atoms. The van der Waals surface area contributed by atoms with Gasteiger partial charge in [-0.15, -0.1) is 11.3 Å². The summed E-state index contributed by atoms with van der Waals surface area (Å²) in [6, 6.07) is 10.0. The molecule has 0 spiro atoms. The molecular weight excluding hydrogens is 513 g/mol. The molecule has 3 aromatic rings. The molecule has 0 radical (unpaired) electrons. The minimum atomic E-state index is -3.28. The fourth-order valence-electron chi connectivity index (χ4n) is 4.17. The summed E-state index contributed by atoms with van der Waals surface area (Å²) in [5.41, 5.74) is 2.59. The quantitative estimate of drug-likeness (QED) is 0.275. The fourth-order valence-corrected chi connectivity index (χ4v) is 7.45. The number of aromatic nitrogens is 2. The van der Waals surface area contributed by atoms with Gasteiger partial charge in [0, 0.05) is 24.0 Å². The Balaban J connectivity index is 1.29. The van der Waals surface area contributed by atoms with Crippen molar-refractivity contribution in [3.05, 3.63) is 66.3 Å². The van der Waals surface area contributed by atoms with E-state index in [4.69, 9.17) is 0 Å². The molecule has 7 nitrogen and oxygen atoms in total. The minimum Gasteiger partial charge on any atom is -0.302 e. The molecule has 1 N–H and O–H groups in total. The summed E-state index contributed by atoms with van der Waals surface area (Å²) in [4.78, 5) is 26.8. The molecule has 5 rings (SSSR count). The SMILES string of the molecule is CC1CCN(S(=O)(O)=C2C=CC(=NC(=O)CSc3ncnc4scc(-c5ccccc5)c34)C=C2)CC1. The maximum Gasteiger partial charge on any atom is 0.256 e. The Labute approximate surface area is 219 Å². The Morgan fingerprint density at radius 3 is 2.61 bits per heavy atom. The summed E-state index contributed by atoms with van der Waals surface area (Å²) in [6.45, 7) is 3.37. The van der Waals surface area contributed by atoms with Crippen LogP contribution in [-0.2, 0) is 14.8 Å². The number of aliphatic imine (C=N–C) groups is 1. The summed E-state index contributed by atoms with van der Waals surface area (Å²) >= 11 is 2.89. The number of carbonyl (C=O) groups is 1. The molecule has 3 heterocycles. The molecule has 0 bridgehead atoms. The van der Waals surface area contributed by atoms with Gasteiger partial charge in [0.1, 0.15) is 16.2 Å². The monoisotopic (exact) mass is 538 g/mol.